The van der Waals surface area contributed by atoms with Gasteiger partial charge in [0.15, 0.2) is 0 Å². The van der Waals surface area contributed by atoms with E-state index in [1.807, 2.05) is 0 Å². The van der Waals surface area contributed by atoms with E-state index in [0.29, 0.717) is 18.7 Å². The third kappa shape index (κ3) is 5.63. The van der Waals surface area contributed by atoms with Gasteiger partial charge in [-0.2, -0.15) is 8.61 Å². The maximum atomic E-state index is 13.1. The van der Waals surface area contributed by atoms with Gasteiger partial charge in [0, 0.05) is 32.7 Å². The molecule has 1 N–H and O–H groups in total. The van der Waals surface area contributed by atoms with Crippen molar-refractivity contribution in [2.75, 3.05) is 20.1 Å². The summed E-state index contributed by atoms with van der Waals surface area (Å²) in [6.45, 7) is 4.64. The minimum atomic E-state index is -3.76. The van der Waals surface area contributed by atoms with Gasteiger partial charge >= 0.3 is 0 Å². The van der Waals surface area contributed by atoms with Gasteiger partial charge in [0.1, 0.15) is 0 Å². The summed E-state index contributed by atoms with van der Waals surface area (Å²) in [5.74, 6) is -0.498. The van der Waals surface area contributed by atoms with E-state index in [4.69, 9.17) is 0 Å². The van der Waals surface area contributed by atoms with E-state index < -0.39 is 26.0 Å². The molecule has 10 heteroatoms. The van der Waals surface area contributed by atoms with Crippen molar-refractivity contribution in [1.29, 1.82) is 0 Å². The monoisotopic (exact) mass is 493 g/mol. The first-order valence-corrected chi connectivity index (χ1v) is 13.9. The molecule has 180 valence electrons. The van der Waals surface area contributed by atoms with E-state index in [2.05, 4.69) is 5.32 Å². The number of amides is 1. The van der Waals surface area contributed by atoms with Crippen LogP contribution in [0.15, 0.2) is 58.3 Å². The van der Waals surface area contributed by atoms with Crippen molar-refractivity contribution in [2.24, 2.45) is 0 Å². The lowest BCUT2D eigenvalue weighted by molar-refractivity contribution is 0.0947. The van der Waals surface area contributed by atoms with Crippen molar-refractivity contribution < 1.29 is 21.6 Å². The van der Waals surface area contributed by atoms with Crippen LogP contribution in [0.25, 0.3) is 0 Å². The minimum absolute atomic E-state index is 0.00237. The molecule has 1 saturated heterocycles. The predicted molar refractivity (Wildman–Crippen MR) is 127 cm³/mol. The van der Waals surface area contributed by atoms with Crippen LogP contribution in [0.5, 0.6) is 0 Å². The molecule has 1 aliphatic rings. The Morgan fingerprint density at radius 3 is 2.18 bits per heavy atom. The number of hydrogen-bond acceptors (Lipinski definition) is 5. The van der Waals surface area contributed by atoms with Crippen molar-refractivity contribution in [1.82, 2.24) is 13.9 Å². The second kappa shape index (κ2) is 10.3. The first-order chi connectivity index (χ1) is 15.5. The lowest BCUT2D eigenvalue weighted by Gasteiger charge is -2.26. The molecule has 1 amide bonds. The summed E-state index contributed by atoms with van der Waals surface area (Å²) >= 11 is 0. The van der Waals surface area contributed by atoms with E-state index >= 15 is 0 Å². The topological polar surface area (TPSA) is 104 Å². The van der Waals surface area contributed by atoms with Crippen LogP contribution in [0.2, 0.25) is 0 Å². The summed E-state index contributed by atoms with van der Waals surface area (Å²) in [6.07, 6.45) is 2.63. The molecule has 0 aromatic heterocycles. The number of sulfonamides is 2. The Labute approximate surface area is 196 Å². The predicted octanol–water partition coefficient (Wildman–Crippen LogP) is 2.82. The zero-order chi connectivity index (χ0) is 24.2. The Balaban J connectivity index is 1.73. The van der Waals surface area contributed by atoms with E-state index in [1.165, 1.54) is 39.9 Å². The Morgan fingerprint density at radius 1 is 0.970 bits per heavy atom. The molecule has 0 aliphatic carbocycles. The van der Waals surface area contributed by atoms with Gasteiger partial charge in [0.2, 0.25) is 20.0 Å². The molecule has 0 bridgehead atoms. The number of carbonyl (C=O) groups excluding carboxylic acids is 1. The van der Waals surface area contributed by atoms with E-state index in [-0.39, 0.29) is 27.9 Å². The first kappa shape index (κ1) is 25.4. The summed E-state index contributed by atoms with van der Waals surface area (Å²) in [7, 11) is -5.81. The van der Waals surface area contributed by atoms with Gasteiger partial charge in [-0.3, -0.25) is 4.79 Å². The average molecular weight is 494 g/mol. The molecule has 1 aliphatic heterocycles. The van der Waals surface area contributed by atoms with E-state index in [0.717, 1.165) is 19.3 Å². The van der Waals surface area contributed by atoms with Gasteiger partial charge < -0.3 is 5.32 Å². The quantitative estimate of drug-likeness (QED) is 0.609. The van der Waals surface area contributed by atoms with E-state index in [9.17, 15) is 21.6 Å². The summed E-state index contributed by atoms with van der Waals surface area (Å²) in [5.41, 5.74) is 0.798. The average Bonchev–Trinajstić information content (AvgIpc) is 2.82. The molecule has 8 nitrogen and oxygen atoms in total. The van der Waals surface area contributed by atoms with Crippen molar-refractivity contribution in [3.05, 3.63) is 59.7 Å². The van der Waals surface area contributed by atoms with Crippen LogP contribution in [0.4, 0.5) is 0 Å². The van der Waals surface area contributed by atoms with Gasteiger partial charge in [-0.1, -0.05) is 30.7 Å². The second-order valence-electron chi connectivity index (χ2n) is 8.40. The minimum Gasteiger partial charge on any atom is -0.348 e. The fourth-order valence-corrected chi connectivity index (χ4v) is 6.70. The maximum Gasteiger partial charge on any atom is 0.252 e. The molecule has 33 heavy (non-hydrogen) atoms. The van der Waals surface area contributed by atoms with Crippen LogP contribution in [0, 0.1) is 0 Å². The Hall–Kier alpha value is -2.27. The number of piperidine rings is 1. The highest BCUT2D eigenvalue weighted by molar-refractivity contribution is 7.89. The maximum absolute atomic E-state index is 13.1. The standard InChI is InChI=1S/C23H31N3O5S2/c1-18(2)25(3)32(28,29)20-13-11-19(12-14-20)17-24-23(27)21-9-5-6-10-22(21)33(30,31)26-15-7-4-8-16-26/h5-6,9-14,18H,4,7-8,15-17H2,1-3H3,(H,24,27). The molecule has 3 rings (SSSR count). The third-order valence-corrected chi connectivity index (χ3v) is 9.85. The second-order valence-corrected chi connectivity index (χ2v) is 12.3. The van der Waals surface area contributed by atoms with Crippen LogP contribution >= 0.6 is 0 Å². The molecule has 0 radical (unpaired) electrons. The molecule has 0 unspecified atom stereocenters. The van der Waals surface area contributed by atoms with Gasteiger partial charge in [-0.05, 0) is 56.5 Å². The Bertz CT molecular complexity index is 1190. The van der Waals surface area contributed by atoms with Gasteiger partial charge in [-0.15, -0.1) is 0 Å². The number of hydrogen-bond donors (Lipinski definition) is 1. The lowest BCUT2D eigenvalue weighted by Crippen LogP contribution is -2.37. The van der Waals surface area contributed by atoms with Crippen molar-refractivity contribution in [3.63, 3.8) is 0 Å². The Morgan fingerprint density at radius 2 is 1.58 bits per heavy atom. The lowest BCUT2D eigenvalue weighted by atomic mass is 10.2. The van der Waals surface area contributed by atoms with Gasteiger partial charge in [0.25, 0.3) is 5.91 Å². The molecule has 0 atom stereocenters. The molecular weight excluding hydrogens is 462 g/mol. The Kier molecular flexibility index (Phi) is 7.94. The number of nitrogens with zero attached hydrogens (tertiary/aromatic N) is 2. The zero-order valence-electron chi connectivity index (χ0n) is 19.2. The smallest absolute Gasteiger partial charge is 0.252 e. The molecule has 1 heterocycles. The number of nitrogens with one attached hydrogen (secondary N) is 1. The SMILES string of the molecule is CC(C)N(C)S(=O)(=O)c1ccc(CNC(=O)c2ccccc2S(=O)(=O)N2CCCCC2)cc1. The highest BCUT2D eigenvalue weighted by Crippen LogP contribution is 2.24. The first-order valence-electron chi connectivity index (χ1n) is 11.0. The molecule has 0 saturated carbocycles. The summed E-state index contributed by atoms with van der Waals surface area (Å²) in [6, 6.07) is 12.3. The molecule has 0 spiro atoms. The largest absolute Gasteiger partial charge is 0.348 e. The summed E-state index contributed by atoms with van der Waals surface area (Å²) in [5, 5.41) is 2.75. The van der Waals surface area contributed by atoms with Crippen molar-refractivity contribution in [3.8, 4) is 0 Å². The number of carbonyl (C=O) groups is 1. The van der Waals surface area contributed by atoms with Crippen LogP contribution in [-0.4, -0.2) is 57.5 Å². The van der Waals surface area contributed by atoms with Crippen LogP contribution in [0.1, 0.15) is 49.0 Å². The molecule has 2 aromatic rings. The van der Waals surface area contributed by atoms with Crippen LogP contribution in [0.3, 0.4) is 0 Å². The highest BCUT2D eigenvalue weighted by atomic mass is 32.2. The van der Waals surface area contributed by atoms with Crippen LogP contribution < -0.4 is 5.32 Å². The third-order valence-electron chi connectivity index (χ3n) is 5.85. The van der Waals surface area contributed by atoms with Crippen LogP contribution in [-0.2, 0) is 26.6 Å². The number of rotatable bonds is 8. The fourth-order valence-electron chi connectivity index (χ4n) is 3.62. The summed E-state index contributed by atoms with van der Waals surface area (Å²) < 4.78 is 54.1. The molecule has 1 fully saturated rings. The van der Waals surface area contributed by atoms with Crippen molar-refractivity contribution in [2.45, 2.75) is 55.5 Å². The van der Waals surface area contributed by atoms with Gasteiger partial charge in [0.05, 0.1) is 15.4 Å². The normalized spacial score (nSPS) is 15.7. The van der Waals surface area contributed by atoms with Crippen molar-refractivity contribution >= 4 is 26.0 Å². The van der Waals surface area contributed by atoms with E-state index in [1.54, 1.807) is 38.1 Å². The molecular formula is C23H31N3O5S2. The summed E-state index contributed by atoms with van der Waals surface area (Å²) in [4.78, 5) is 13.0. The van der Waals surface area contributed by atoms with Gasteiger partial charge in [-0.25, -0.2) is 16.8 Å². The highest BCUT2D eigenvalue weighted by Gasteiger charge is 2.29. The fraction of sp³-hybridized carbons (Fsp3) is 0.435. The zero-order valence-corrected chi connectivity index (χ0v) is 20.8. The molecule has 2 aromatic carbocycles. The number of benzene rings is 2.